The van der Waals surface area contributed by atoms with Gasteiger partial charge in [0.2, 0.25) is 5.82 Å². The first-order valence-corrected chi connectivity index (χ1v) is 6.13. The maximum Gasteiger partial charge on any atom is 0.375 e. The summed E-state index contributed by atoms with van der Waals surface area (Å²) in [5.41, 5.74) is 2.00. The molecule has 1 aromatic carbocycles. The van der Waals surface area contributed by atoms with Gasteiger partial charge in [-0.1, -0.05) is 0 Å². The van der Waals surface area contributed by atoms with Gasteiger partial charge in [0, 0.05) is 12.0 Å². The van der Waals surface area contributed by atoms with Gasteiger partial charge in [0.1, 0.15) is 5.75 Å². The van der Waals surface area contributed by atoms with E-state index in [0.717, 1.165) is 23.3 Å². The summed E-state index contributed by atoms with van der Waals surface area (Å²) in [5, 5.41) is 6.63. The molecule has 0 atom stereocenters. The van der Waals surface area contributed by atoms with Crippen LogP contribution in [0.15, 0.2) is 18.2 Å². The van der Waals surface area contributed by atoms with Gasteiger partial charge >= 0.3 is 5.97 Å². The topological polar surface area (TPSA) is 77.1 Å². The number of esters is 1. The highest BCUT2D eigenvalue weighted by Crippen LogP contribution is 2.29. The Bertz CT molecular complexity index is 621. The van der Waals surface area contributed by atoms with Crippen molar-refractivity contribution in [1.29, 1.82) is 0 Å². The fourth-order valence-electron chi connectivity index (χ4n) is 2.01. The SMILES string of the molecule is CCOC(=O)c1nc(-c2ccc3c(c2)CCO3)n[nH]1. The summed E-state index contributed by atoms with van der Waals surface area (Å²) in [5.74, 6) is 1.02. The molecule has 0 aliphatic carbocycles. The quantitative estimate of drug-likeness (QED) is 0.847. The Balaban J connectivity index is 1.88. The second kappa shape index (κ2) is 4.72. The molecule has 0 saturated carbocycles. The highest BCUT2D eigenvalue weighted by atomic mass is 16.5. The number of ether oxygens (including phenoxy) is 2. The average molecular weight is 259 g/mol. The standard InChI is InChI=1S/C13H13N3O3/c1-2-18-13(17)12-14-11(15-16-12)9-3-4-10-8(7-9)5-6-19-10/h3-4,7H,2,5-6H2,1H3,(H,14,15,16). The van der Waals surface area contributed by atoms with Crippen molar-refractivity contribution in [2.75, 3.05) is 13.2 Å². The molecular formula is C13H13N3O3. The molecule has 1 aliphatic heterocycles. The van der Waals surface area contributed by atoms with Gasteiger partial charge in [0.15, 0.2) is 5.82 Å². The van der Waals surface area contributed by atoms with Crippen LogP contribution in [0.3, 0.4) is 0 Å². The first-order chi connectivity index (χ1) is 9.28. The summed E-state index contributed by atoms with van der Waals surface area (Å²) in [7, 11) is 0. The summed E-state index contributed by atoms with van der Waals surface area (Å²) in [6.45, 7) is 2.77. The fourth-order valence-corrected chi connectivity index (χ4v) is 2.01. The zero-order valence-electron chi connectivity index (χ0n) is 10.5. The van der Waals surface area contributed by atoms with Gasteiger partial charge in [-0.05, 0) is 30.7 Å². The number of carbonyl (C=O) groups is 1. The lowest BCUT2D eigenvalue weighted by Crippen LogP contribution is -2.06. The van der Waals surface area contributed by atoms with Crippen molar-refractivity contribution >= 4 is 5.97 Å². The van der Waals surface area contributed by atoms with Crippen molar-refractivity contribution in [2.45, 2.75) is 13.3 Å². The molecular weight excluding hydrogens is 246 g/mol. The number of benzene rings is 1. The smallest absolute Gasteiger partial charge is 0.375 e. The first-order valence-electron chi connectivity index (χ1n) is 6.13. The number of fused-ring (bicyclic) bond motifs is 1. The van der Waals surface area contributed by atoms with E-state index in [1.54, 1.807) is 6.92 Å². The number of aromatic amines is 1. The van der Waals surface area contributed by atoms with Gasteiger partial charge in [-0.25, -0.2) is 9.78 Å². The maximum atomic E-state index is 11.5. The van der Waals surface area contributed by atoms with E-state index < -0.39 is 5.97 Å². The summed E-state index contributed by atoms with van der Waals surface area (Å²) >= 11 is 0. The van der Waals surface area contributed by atoms with Gasteiger partial charge in [0.25, 0.3) is 0 Å². The molecule has 0 amide bonds. The molecule has 3 rings (SSSR count). The van der Waals surface area contributed by atoms with Crippen molar-refractivity contribution < 1.29 is 14.3 Å². The van der Waals surface area contributed by atoms with E-state index in [9.17, 15) is 4.79 Å². The third-order valence-electron chi connectivity index (χ3n) is 2.90. The monoisotopic (exact) mass is 259 g/mol. The van der Waals surface area contributed by atoms with Gasteiger partial charge in [-0.15, -0.1) is 0 Å². The molecule has 0 fully saturated rings. The van der Waals surface area contributed by atoms with E-state index in [4.69, 9.17) is 9.47 Å². The number of carbonyl (C=O) groups excluding carboxylic acids is 1. The lowest BCUT2D eigenvalue weighted by atomic mass is 10.1. The number of nitrogens with zero attached hydrogens (tertiary/aromatic N) is 2. The lowest BCUT2D eigenvalue weighted by molar-refractivity contribution is 0.0512. The summed E-state index contributed by atoms with van der Waals surface area (Å²) < 4.78 is 10.3. The van der Waals surface area contributed by atoms with Crippen LogP contribution in [-0.4, -0.2) is 34.4 Å². The molecule has 6 heteroatoms. The van der Waals surface area contributed by atoms with Crippen LogP contribution in [0.25, 0.3) is 11.4 Å². The first kappa shape index (κ1) is 11.7. The molecule has 2 heterocycles. The predicted molar refractivity (Wildman–Crippen MR) is 67.0 cm³/mol. The molecule has 6 nitrogen and oxygen atoms in total. The van der Waals surface area contributed by atoms with Crippen LogP contribution in [0.1, 0.15) is 23.1 Å². The maximum absolute atomic E-state index is 11.5. The van der Waals surface area contributed by atoms with E-state index in [2.05, 4.69) is 15.2 Å². The summed E-state index contributed by atoms with van der Waals surface area (Å²) in [6, 6.07) is 5.76. The largest absolute Gasteiger partial charge is 0.493 e. The normalized spacial score (nSPS) is 12.9. The molecule has 0 radical (unpaired) electrons. The van der Waals surface area contributed by atoms with Crippen molar-refractivity contribution in [3.8, 4) is 17.1 Å². The van der Waals surface area contributed by atoms with Crippen LogP contribution in [0.4, 0.5) is 0 Å². The molecule has 0 spiro atoms. The zero-order valence-corrected chi connectivity index (χ0v) is 10.5. The Hall–Kier alpha value is -2.37. The molecule has 1 N–H and O–H groups in total. The number of aromatic nitrogens is 3. The Morgan fingerprint density at radius 1 is 1.53 bits per heavy atom. The molecule has 1 aromatic heterocycles. The number of hydrogen-bond donors (Lipinski definition) is 1. The fraction of sp³-hybridized carbons (Fsp3) is 0.308. The number of nitrogens with one attached hydrogen (secondary N) is 1. The Morgan fingerprint density at radius 3 is 3.26 bits per heavy atom. The number of rotatable bonds is 3. The van der Waals surface area contributed by atoms with Crippen molar-refractivity contribution in [3.05, 3.63) is 29.6 Å². The van der Waals surface area contributed by atoms with E-state index in [1.165, 1.54) is 0 Å². The molecule has 0 unspecified atom stereocenters. The van der Waals surface area contributed by atoms with E-state index in [1.807, 2.05) is 18.2 Å². The van der Waals surface area contributed by atoms with Crippen LogP contribution in [-0.2, 0) is 11.2 Å². The summed E-state index contributed by atoms with van der Waals surface area (Å²) in [4.78, 5) is 15.6. The van der Waals surface area contributed by atoms with Crippen LogP contribution in [0, 0.1) is 0 Å². The van der Waals surface area contributed by atoms with Gasteiger partial charge < -0.3 is 9.47 Å². The zero-order chi connectivity index (χ0) is 13.2. The predicted octanol–water partition coefficient (Wildman–Crippen LogP) is 1.58. The molecule has 2 aromatic rings. The molecule has 0 saturated heterocycles. The van der Waals surface area contributed by atoms with E-state index >= 15 is 0 Å². The third-order valence-corrected chi connectivity index (χ3v) is 2.90. The summed E-state index contributed by atoms with van der Waals surface area (Å²) in [6.07, 6.45) is 0.887. The van der Waals surface area contributed by atoms with Crippen LogP contribution >= 0.6 is 0 Å². The van der Waals surface area contributed by atoms with Crippen molar-refractivity contribution in [2.24, 2.45) is 0 Å². The van der Waals surface area contributed by atoms with Gasteiger partial charge in [-0.2, -0.15) is 5.10 Å². The van der Waals surface area contributed by atoms with Crippen LogP contribution in [0.5, 0.6) is 5.75 Å². The third kappa shape index (κ3) is 2.16. The Kier molecular flexibility index (Phi) is 2.91. The van der Waals surface area contributed by atoms with Crippen molar-refractivity contribution in [1.82, 2.24) is 15.2 Å². The highest BCUT2D eigenvalue weighted by molar-refractivity contribution is 5.85. The number of hydrogen-bond acceptors (Lipinski definition) is 5. The van der Waals surface area contributed by atoms with Gasteiger partial charge in [0.05, 0.1) is 13.2 Å². The number of H-pyrrole nitrogens is 1. The Labute approximate surface area is 109 Å². The van der Waals surface area contributed by atoms with Crippen LogP contribution in [0.2, 0.25) is 0 Å². The molecule has 1 aliphatic rings. The molecule has 98 valence electrons. The average Bonchev–Trinajstić information content (AvgIpc) is 3.07. The van der Waals surface area contributed by atoms with E-state index in [0.29, 0.717) is 19.0 Å². The molecule has 19 heavy (non-hydrogen) atoms. The highest BCUT2D eigenvalue weighted by Gasteiger charge is 2.17. The second-order valence-electron chi connectivity index (χ2n) is 4.15. The lowest BCUT2D eigenvalue weighted by Gasteiger charge is -2.00. The second-order valence-corrected chi connectivity index (χ2v) is 4.15. The molecule has 0 bridgehead atoms. The van der Waals surface area contributed by atoms with Gasteiger partial charge in [-0.3, -0.25) is 5.10 Å². The minimum atomic E-state index is -0.495. The minimum absolute atomic E-state index is 0.119. The Morgan fingerprint density at radius 2 is 2.42 bits per heavy atom. The van der Waals surface area contributed by atoms with Crippen LogP contribution < -0.4 is 4.74 Å². The van der Waals surface area contributed by atoms with E-state index in [-0.39, 0.29) is 5.82 Å². The van der Waals surface area contributed by atoms with Crippen molar-refractivity contribution in [3.63, 3.8) is 0 Å². The minimum Gasteiger partial charge on any atom is -0.493 e.